The Morgan fingerprint density at radius 1 is 0.708 bits per heavy atom. The maximum atomic E-state index is 8.14. The van der Waals surface area contributed by atoms with E-state index in [9.17, 15) is 0 Å². The average Bonchev–Trinajstić information content (AvgIpc) is 3.03. The Hall–Kier alpha value is 0.330. The molecule has 0 unspecified atom stereocenters. The number of hydrogen-bond acceptors (Lipinski definition) is 3. The minimum Gasteiger partial charge on any atom is -0.396 e. The first kappa shape index (κ1) is 32.0. The van der Waals surface area contributed by atoms with E-state index in [2.05, 4.69) is 37.4 Å². The van der Waals surface area contributed by atoms with E-state index in [0.717, 1.165) is 0 Å². The zero-order valence-electron chi connectivity index (χ0n) is 17.1. The second kappa shape index (κ2) is 23.3. The molecule has 0 aliphatic rings. The van der Waals surface area contributed by atoms with Crippen molar-refractivity contribution in [3.63, 3.8) is 0 Å². The molecule has 0 aliphatic heterocycles. The van der Waals surface area contributed by atoms with Crippen molar-refractivity contribution >= 4 is 14.0 Å². The molecule has 24 heavy (non-hydrogen) atoms. The van der Waals surface area contributed by atoms with Crippen molar-refractivity contribution in [1.82, 2.24) is 0 Å². The molecule has 144 valence electrons. The number of aliphatic hydroxyl groups excluding tert-OH is 3. The van der Waals surface area contributed by atoms with Gasteiger partial charge in [-0.1, -0.05) is 54.6 Å². The molecule has 0 amide bonds. The Morgan fingerprint density at radius 3 is 1.00 bits per heavy atom. The van der Waals surface area contributed by atoms with Crippen molar-refractivity contribution < 1.29 is 41.5 Å². The van der Waals surface area contributed by atoms with Gasteiger partial charge in [0.05, 0.1) is 0 Å². The van der Waals surface area contributed by atoms with Crippen molar-refractivity contribution in [2.24, 2.45) is 17.8 Å². The Balaban J connectivity index is -0.000000113. The van der Waals surface area contributed by atoms with Gasteiger partial charge in [0.25, 0.3) is 0 Å². The maximum absolute atomic E-state index is 8.14. The Labute approximate surface area is 171 Å². The number of hydrogen-bond donors (Lipinski definition) is 3. The van der Waals surface area contributed by atoms with Crippen LogP contribution in [0.2, 0.25) is 13.1 Å². The molecule has 0 aromatic heterocycles. The van der Waals surface area contributed by atoms with E-state index >= 15 is 0 Å². The van der Waals surface area contributed by atoms with Gasteiger partial charge < -0.3 is 15.3 Å². The molecular weight excluding hydrogens is 396 g/mol. The van der Waals surface area contributed by atoms with Gasteiger partial charge in [-0.2, -0.15) is 17.3 Å². The third-order valence-corrected chi connectivity index (χ3v) is 4.17. The van der Waals surface area contributed by atoms with Crippen LogP contribution < -0.4 is 5.19 Å². The first-order valence-electron chi connectivity index (χ1n) is 8.66. The maximum Gasteiger partial charge on any atom is 0.0453 e. The summed E-state index contributed by atoms with van der Waals surface area (Å²) in [5.74, 6) is 1.32. The van der Waals surface area contributed by atoms with Gasteiger partial charge in [-0.05, 0) is 17.8 Å². The van der Waals surface area contributed by atoms with Gasteiger partial charge in [0.2, 0.25) is 0 Å². The Bertz CT molecular complexity index is 281. The molecule has 0 bridgehead atoms. The summed E-state index contributed by atoms with van der Waals surface area (Å²) < 4.78 is 0. The van der Waals surface area contributed by atoms with Crippen molar-refractivity contribution in [2.45, 2.75) is 54.6 Å². The number of aliphatic hydroxyl groups is 3. The minimum atomic E-state index is -0.480. The summed E-state index contributed by atoms with van der Waals surface area (Å²) >= 11 is 0. The fraction of sp³-hybridized carbons (Fsp3) is 0.737. The summed E-state index contributed by atoms with van der Waals surface area (Å²) in [5.41, 5.74) is 0. The van der Waals surface area contributed by atoms with E-state index in [4.69, 9.17) is 15.3 Å². The van der Waals surface area contributed by atoms with Gasteiger partial charge in [0, 0.05) is 54.8 Å². The molecule has 0 aliphatic carbocycles. The van der Waals surface area contributed by atoms with Crippen molar-refractivity contribution in [2.75, 3.05) is 19.8 Å². The average molecular weight is 437 g/mol. The van der Waals surface area contributed by atoms with Crippen LogP contribution in [0.25, 0.3) is 0 Å². The predicted octanol–water partition coefficient (Wildman–Crippen LogP) is 3.00. The van der Waals surface area contributed by atoms with Crippen molar-refractivity contribution in [3.05, 3.63) is 24.3 Å². The smallest absolute Gasteiger partial charge is 0.0453 e. The molecule has 1 aromatic rings. The van der Waals surface area contributed by atoms with Crippen molar-refractivity contribution in [1.29, 1.82) is 0 Å². The molecule has 0 radical (unpaired) electrons. The molecule has 0 heterocycles. The van der Waals surface area contributed by atoms with Gasteiger partial charge in [-0.15, -0.1) is 0 Å². The van der Waals surface area contributed by atoms with E-state index in [-0.39, 0.29) is 26.2 Å². The van der Waals surface area contributed by atoms with Gasteiger partial charge in [0.15, 0.2) is 0 Å². The molecule has 1 aromatic carbocycles. The molecule has 1 rings (SSSR count). The first-order valence-corrected chi connectivity index (χ1v) is 11.5. The molecule has 0 saturated carbocycles. The SMILES string of the molecule is CC(C)CO.CC(C)CO.CC(C)CO.C[SiH](C)[c-]1cccc1.[Zr]. The summed E-state index contributed by atoms with van der Waals surface area (Å²) in [5, 5.41) is 26.0. The zero-order valence-corrected chi connectivity index (χ0v) is 20.7. The van der Waals surface area contributed by atoms with E-state index in [1.54, 1.807) is 5.19 Å². The molecule has 3 N–H and O–H groups in total. The van der Waals surface area contributed by atoms with Crippen LogP contribution in [-0.2, 0) is 26.2 Å². The molecule has 5 heteroatoms. The quantitative estimate of drug-likeness (QED) is 0.502. The third-order valence-electron chi connectivity index (χ3n) is 2.45. The van der Waals surface area contributed by atoms with Crippen LogP contribution in [0.3, 0.4) is 0 Å². The van der Waals surface area contributed by atoms with Crippen LogP contribution in [0, 0.1) is 17.8 Å². The summed E-state index contributed by atoms with van der Waals surface area (Å²) in [6.45, 7) is 17.4. The van der Waals surface area contributed by atoms with Crippen molar-refractivity contribution in [3.8, 4) is 0 Å². The fourth-order valence-corrected chi connectivity index (χ4v) is 1.77. The normalized spacial score (nSPS) is 9.46. The van der Waals surface area contributed by atoms with Gasteiger partial charge in [-0.3, -0.25) is 0 Å². The number of rotatable bonds is 4. The van der Waals surface area contributed by atoms with Crippen LogP contribution in [-0.4, -0.2) is 43.9 Å². The molecule has 3 nitrogen and oxygen atoms in total. The Kier molecular flexibility index (Phi) is 31.1. The first-order chi connectivity index (χ1) is 10.6. The second-order valence-electron chi connectivity index (χ2n) is 7.10. The van der Waals surface area contributed by atoms with Crippen LogP contribution >= 0.6 is 0 Å². The van der Waals surface area contributed by atoms with Gasteiger partial charge in [0.1, 0.15) is 0 Å². The monoisotopic (exact) mass is 435 g/mol. The molecule has 0 atom stereocenters. The fourth-order valence-electron chi connectivity index (χ4n) is 0.774. The third kappa shape index (κ3) is 33.8. The van der Waals surface area contributed by atoms with Crippen LogP contribution in [0.15, 0.2) is 24.3 Å². The van der Waals surface area contributed by atoms with Gasteiger partial charge in [-0.25, -0.2) is 12.1 Å². The van der Waals surface area contributed by atoms with E-state index in [1.165, 1.54) is 0 Å². The van der Waals surface area contributed by atoms with E-state index < -0.39 is 8.80 Å². The van der Waals surface area contributed by atoms with E-state index in [1.807, 2.05) is 41.5 Å². The summed E-state index contributed by atoms with van der Waals surface area (Å²) in [4.78, 5) is 0. The summed E-state index contributed by atoms with van der Waals surface area (Å²) in [7, 11) is -0.480. The molecular formula is C19H41O3SiZr-. The zero-order chi connectivity index (χ0) is 18.8. The van der Waals surface area contributed by atoms with Crippen LogP contribution in [0.5, 0.6) is 0 Å². The standard InChI is InChI=1S/C7H11Si.3C4H10O.Zr/c1-8(2)7-5-3-4-6-7;3*1-4(2)3-5;/h3-6,8H,1-2H3;3*4-5H,3H2,1-2H3;/q-1;;;;. The summed E-state index contributed by atoms with van der Waals surface area (Å²) in [6.07, 6.45) is 0. The van der Waals surface area contributed by atoms with E-state index in [0.29, 0.717) is 37.6 Å². The van der Waals surface area contributed by atoms with Crippen LogP contribution in [0.1, 0.15) is 41.5 Å². The molecule has 0 saturated heterocycles. The Morgan fingerprint density at radius 2 is 0.917 bits per heavy atom. The molecule has 0 spiro atoms. The minimum absolute atomic E-state index is 0. The second-order valence-corrected chi connectivity index (χ2v) is 10.1. The summed E-state index contributed by atoms with van der Waals surface area (Å²) in [6, 6.07) is 8.67. The molecule has 0 fully saturated rings. The predicted molar refractivity (Wildman–Crippen MR) is 106 cm³/mol. The largest absolute Gasteiger partial charge is 0.396 e. The van der Waals surface area contributed by atoms with Crippen LogP contribution in [0.4, 0.5) is 0 Å². The van der Waals surface area contributed by atoms with Gasteiger partial charge >= 0.3 is 0 Å². The topological polar surface area (TPSA) is 60.7 Å².